The SMILES string of the molecule is N[C@H](/C=C\c1ccc(C(F)(F)F)cn1)C(=O)O. The van der Waals surface area contributed by atoms with E-state index in [1.54, 1.807) is 0 Å². The lowest BCUT2D eigenvalue weighted by Crippen LogP contribution is -2.27. The van der Waals surface area contributed by atoms with Gasteiger partial charge in [-0.05, 0) is 18.2 Å². The lowest BCUT2D eigenvalue weighted by molar-refractivity contribution is -0.138. The number of hydrogen-bond acceptors (Lipinski definition) is 3. The highest BCUT2D eigenvalue weighted by Crippen LogP contribution is 2.28. The maximum atomic E-state index is 12.2. The van der Waals surface area contributed by atoms with Gasteiger partial charge >= 0.3 is 12.1 Å². The van der Waals surface area contributed by atoms with Gasteiger partial charge in [0.15, 0.2) is 0 Å². The third-order valence-electron chi connectivity index (χ3n) is 1.87. The molecule has 1 atom stereocenters. The number of aromatic nitrogens is 1. The van der Waals surface area contributed by atoms with Crippen LogP contribution in [0.3, 0.4) is 0 Å². The Balaban J connectivity index is 2.79. The third kappa shape index (κ3) is 3.87. The maximum absolute atomic E-state index is 12.2. The molecule has 17 heavy (non-hydrogen) atoms. The van der Waals surface area contributed by atoms with Gasteiger partial charge in [-0.2, -0.15) is 13.2 Å². The highest BCUT2D eigenvalue weighted by Gasteiger charge is 2.30. The Morgan fingerprint density at radius 1 is 1.47 bits per heavy atom. The number of carboxylic acid groups (broad SMARTS) is 1. The summed E-state index contributed by atoms with van der Waals surface area (Å²) in [5, 5.41) is 8.47. The van der Waals surface area contributed by atoms with Crippen LogP contribution >= 0.6 is 0 Å². The summed E-state index contributed by atoms with van der Waals surface area (Å²) in [6.45, 7) is 0. The normalized spacial score (nSPS) is 13.9. The molecule has 0 unspecified atom stereocenters. The standard InChI is InChI=1S/C10H9F3N2O2/c11-10(12,13)6-1-2-7(15-5-6)3-4-8(14)9(16)17/h1-5,8H,14H2,(H,16,17)/b4-3-/t8-/m1/s1. The molecule has 7 heteroatoms. The number of nitrogens with two attached hydrogens (primary N) is 1. The van der Waals surface area contributed by atoms with Crippen molar-refractivity contribution < 1.29 is 23.1 Å². The fourth-order valence-corrected chi connectivity index (χ4v) is 0.956. The van der Waals surface area contributed by atoms with Crippen LogP contribution in [-0.2, 0) is 11.0 Å². The van der Waals surface area contributed by atoms with Crippen molar-refractivity contribution in [3.63, 3.8) is 0 Å². The number of rotatable bonds is 3. The van der Waals surface area contributed by atoms with Crippen LogP contribution in [-0.4, -0.2) is 22.1 Å². The van der Waals surface area contributed by atoms with E-state index < -0.39 is 23.8 Å². The number of halogens is 3. The predicted octanol–water partition coefficient (Wildman–Crippen LogP) is 1.53. The van der Waals surface area contributed by atoms with Gasteiger partial charge in [-0.3, -0.25) is 9.78 Å². The van der Waals surface area contributed by atoms with E-state index in [-0.39, 0.29) is 5.69 Å². The van der Waals surface area contributed by atoms with E-state index in [1.807, 2.05) is 0 Å². The van der Waals surface area contributed by atoms with Gasteiger partial charge in [0.25, 0.3) is 0 Å². The molecule has 0 aliphatic rings. The molecule has 0 saturated heterocycles. The average molecular weight is 246 g/mol. The minimum atomic E-state index is -4.44. The fourth-order valence-electron chi connectivity index (χ4n) is 0.956. The van der Waals surface area contributed by atoms with Crippen molar-refractivity contribution in [2.24, 2.45) is 5.73 Å². The molecule has 0 bridgehead atoms. The second kappa shape index (κ2) is 4.96. The largest absolute Gasteiger partial charge is 0.480 e. The van der Waals surface area contributed by atoms with Crippen LogP contribution in [0.4, 0.5) is 13.2 Å². The van der Waals surface area contributed by atoms with Gasteiger partial charge < -0.3 is 10.8 Å². The first kappa shape index (κ1) is 13.2. The van der Waals surface area contributed by atoms with Gasteiger partial charge in [0.05, 0.1) is 11.3 Å². The molecule has 0 spiro atoms. The Morgan fingerprint density at radius 3 is 2.53 bits per heavy atom. The molecular formula is C10H9F3N2O2. The third-order valence-corrected chi connectivity index (χ3v) is 1.87. The van der Waals surface area contributed by atoms with E-state index in [1.165, 1.54) is 6.08 Å². The Hall–Kier alpha value is -1.89. The smallest absolute Gasteiger partial charge is 0.417 e. The minimum Gasteiger partial charge on any atom is -0.480 e. The van der Waals surface area contributed by atoms with Gasteiger partial charge in [-0.15, -0.1) is 0 Å². The molecule has 4 nitrogen and oxygen atoms in total. The highest BCUT2D eigenvalue weighted by molar-refractivity contribution is 5.76. The summed E-state index contributed by atoms with van der Waals surface area (Å²) in [5.41, 5.74) is 4.51. The number of hydrogen-bond donors (Lipinski definition) is 2. The number of carbonyl (C=O) groups is 1. The number of pyridine rings is 1. The Morgan fingerprint density at radius 2 is 2.12 bits per heavy atom. The summed E-state index contributed by atoms with van der Waals surface area (Å²) in [7, 11) is 0. The molecule has 0 saturated carbocycles. The van der Waals surface area contributed by atoms with Gasteiger partial charge in [0.1, 0.15) is 6.04 Å². The molecule has 1 heterocycles. The highest BCUT2D eigenvalue weighted by atomic mass is 19.4. The van der Waals surface area contributed by atoms with E-state index in [4.69, 9.17) is 10.8 Å². The van der Waals surface area contributed by atoms with Crippen molar-refractivity contribution in [3.8, 4) is 0 Å². The number of nitrogens with zero attached hydrogens (tertiary/aromatic N) is 1. The van der Waals surface area contributed by atoms with E-state index >= 15 is 0 Å². The number of carboxylic acids is 1. The monoisotopic (exact) mass is 246 g/mol. The molecule has 1 aromatic heterocycles. The topological polar surface area (TPSA) is 76.2 Å². The Bertz CT molecular complexity index is 426. The van der Waals surface area contributed by atoms with Crippen LogP contribution < -0.4 is 5.73 Å². The lowest BCUT2D eigenvalue weighted by Gasteiger charge is -2.05. The Kier molecular flexibility index (Phi) is 3.84. The molecule has 0 amide bonds. The van der Waals surface area contributed by atoms with E-state index in [9.17, 15) is 18.0 Å². The lowest BCUT2D eigenvalue weighted by atomic mass is 10.2. The quantitative estimate of drug-likeness (QED) is 0.847. The van der Waals surface area contributed by atoms with Gasteiger partial charge in [-0.1, -0.05) is 6.08 Å². The van der Waals surface area contributed by atoms with E-state index in [2.05, 4.69) is 4.98 Å². The fraction of sp³-hybridized carbons (Fsp3) is 0.200. The molecule has 3 N–H and O–H groups in total. The number of alkyl halides is 3. The molecule has 0 fully saturated rings. The van der Waals surface area contributed by atoms with Gasteiger partial charge in [-0.25, -0.2) is 0 Å². The van der Waals surface area contributed by atoms with Crippen molar-refractivity contribution >= 4 is 12.0 Å². The summed E-state index contributed by atoms with van der Waals surface area (Å²) in [4.78, 5) is 13.9. The van der Waals surface area contributed by atoms with Crippen LogP contribution in [0.1, 0.15) is 11.3 Å². The molecule has 1 rings (SSSR count). The molecule has 92 valence electrons. The molecule has 0 radical (unpaired) electrons. The molecule has 0 aromatic carbocycles. The zero-order valence-electron chi connectivity index (χ0n) is 8.48. The number of aliphatic carboxylic acids is 1. The summed E-state index contributed by atoms with van der Waals surface area (Å²) in [5.74, 6) is -1.23. The zero-order chi connectivity index (χ0) is 13.1. The van der Waals surface area contributed by atoms with Crippen molar-refractivity contribution in [1.82, 2.24) is 4.98 Å². The molecule has 1 aromatic rings. The minimum absolute atomic E-state index is 0.203. The first-order valence-corrected chi connectivity index (χ1v) is 4.50. The van der Waals surface area contributed by atoms with Crippen LogP contribution in [0.5, 0.6) is 0 Å². The van der Waals surface area contributed by atoms with E-state index in [0.29, 0.717) is 6.20 Å². The second-order valence-electron chi connectivity index (χ2n) is 3.19. The zero-order valence-corrected chi connectivity index (χ0v) is 8.48. The van der Waals surface area contributed by atoms with E-state index in [0.717, 1.165) is 18.2 Å². The van der Waals surface area contributed by atoms with Crippen LogP contribution in [0, 0.1) is 0 Å². The molecular weight excluding hydrogens is 237 g/mol. The predicted molar refractivity (Wildman–Crippen MR) is 53.9 cm³/mol. The molecule has 0 aliphatic carbocycles. The maximum Gasteiger partial charge on any atom is 0.417 e. The van der Waals surface area contributed by atoms with Crippen molar-refractivity contribution in [2.75, 3.05) is 0 Å². The van der Waals surface area contributed by atoms with Crippen molar-refractivity contribution in [1.29, 1.82) is 0 Å². The molecule has 0 aliphatic heterocycles. The first-order valence-electron chi connectivity index (χ1n) is 4.50. The summed E-state index contributed by atoms with van der Waals surface area (Å²) in [6.07, 6.45) is -1.38. The van der Waals surface area contributed by atoms with Crippen molar-refractivity contribution in [2.45, 2.75) is 12.2 Å². The summed E-state index contributed by atoms with van der Waals surface area (Å²) in [6, 6.07) is 0.784. The van der Waals surface area contributed by atoms with Gasteiger partial charge in [0, 0.05) is 6.20 Å². The Labute approximate surface area is 94.6 Å². The van der Waals surface area contributed by atoms with Gasteiger partial charge in [0.2, 0.25) is 0 Å². The average Bonchev–Trinajstić information content (AvgIpc) is 2.25. The van der Waals surface area contributed by atoms with Crippen LogP contribution in [0.25, 0.3) is 6.08 Å². The summed E-state index contributed by atoms with van der Waals surface area (Å²) >= 11 is 0. The second-order valence-corrected chi connectivity index (χ2v) is 3.19. The first-order chi connectivity index (χ1) is 7.80. The van der Waals surface area contributed by atoms with Crippen LogP contribution in [0.2, 0.25) is 0 Å². The van der Waals surface area contributed by atoms with Crippen LogP contribution in [0.15, 0.2) is 24.4 Å². The van der Waals surface area contributed by atoms with Crippen molar-refractivity contribution in [3.05, 3.63) is 35.7 Å². The summed E-state index contributed by atoms with van der Waals surface area (Å²) < 4.78 is 36.6.